The molecule has 1 atom stereocenters. The number of aryl methyl sites for hydroxylation is 1. The highest BCUT2D eigenvalue weighted by molar-refractivity contribution is 7.89. The Hall–Kier alpha value is -1.38. The van der Waals surface area contributed by atoms with E-state index in [1.807, 2.05) is 0 Å². The molecule has 1 N–H and O–H groups in total. The molecule has 152 valence electrons. The summed E-state index contributed by atoms with van der Waals surface area (Å²) in [5.74, 6) is 0.147. The fourth-order valence-electron chi connectivity index (χ4n) is 4.12. The van der Waals surface area contributed by atoms with Crippen LogP contribution in [0.5, 0.6) is 0 Å². The summed E-state index contributed by atoms with van der Waals surface area (Å²) < 4.78 is 34.4. The Morgan fingerprint density at radius 2 is 1.93 bits per heavy atom. The molecule has 1 amide bonds. The van der Waals surface area contributed by atoms with Crippen LogP contribution in [0.3, 0.4) is 0 Å². The third-order valence-electron chi connectivity index (χ3n) is 5.81. The molecule has 2 heterocycles. The van der Waals surface area contributed by atoms with Crippen LogP contribution in [0.25, 0.3) is 0 Å². The molecule has 1 unspecified atom stereocenters. The van der Waals surface area contributed by atoms with Crippen molar-refractivity contribution in [3.8, 4) is 0 Å². The van der Waals surface area contributed by atoms with E-state index in [-0.39, 0.29) is 22.9 Å². The Morgan fingerprint density at radius 1 is 1.22 bits per heavy atom. The van der Waals surface area contributed by atoms with Gasteiger partial charge in [0.1, 0.15) is 10.6 Å². The first-order chi connectivity index (χ1) is 12.8. The summed E-state index contributed by atoms with van der Waals surface area (Å²) in [6.45, 7) is 3.16. The number of amides is 1. The lowest BCUT2D eigenvalue weighted by atomic mass is 9.93. The summed E-state index contributed by atoms with van der Waals surface area (Å²) in [6.07, 6.45) is 7.38. The van der Waals surface area contributed by atoms with Crippen molar-refractivity contribution < 1.29 is 17.9 Å². The monoisotopic (exact) mass is 397 g/mol. The average molecular weight is 398 g/mol. The lowest BCUT2D eigenvalue weighted by molar-refractivity contribution is 0.0598. The summed E-state index contributed by atoms with van der Waals surface area (Å²) in [5.41, 5.74) is 0.382. The van der Waals surface area contributed by atoms with Crippen LogP contribution in [0, 0.1) is 5.92 Å². The second-order valence-corrected chi connectivity index (χ2v) is 9.90. The van der Waals surface area contributed by atoms with Gasteiger partial charge < -0.3 is 14.6 Å². The largest absolute Gasteiger partial charge is 0.381 e. The minimum Gasteiger partial charge on any atom is -0.381 e. The molecule has 7 nitrogen and oxygen atoms in total. The lowest BCUT2D eigenvalue weighted by Crippen LogP contribution is -2.39. The molecule has 1 aliphatic heterocycles. The second-order valence-electron chi connectivity index (χ2n) is 7.97. The van der Waals surface area contributed by atoms with Crippen molar-refractivity contribution >= 4 is 15.9 Å². The summed E-state index contributed by atoms with van der Waals surface area (Å²) in [6, 6.07) is 1.62. The zero-order valence-corrected chi connectivity index (χ0v) is 17.3. The number of carbonyl (C=O) groups excluding carboxylic acids is 1. The lowest BCUT2D eigenvalue weighted by Gasteiger charge is -2.29. The Labute approximate surface area is 162 Å². The average Bonchev–Trinajstić information content (AvgIpc) is 3.05. The van der Waals surface area contributed by atoms with Gasteiger partial charge in [-0.2, -0.15) is 4.31 Å². The molecule has 1 aromatic heterocycles. The molecular formula is C19H31N3O4S. The number of ether oxygens (including phenoxy) is 1. The fraction of sp³-hybridized carbons (Fsp3) is 0.737. The van der Waals surface area contributed by atoms with E-state index in [2.05, 4.69) is 12.2 Å². The predicted molar refractivity (Wildman–Crippen MR) is 103 cm³/mol. The van der Waals surface area contributed by atoms with E-state index in [1.165, 1.54) is 6.07 Å². The van der Waals surface area contributed by atoms with Gasteiger partial charge in [-0.05, 0) is 50.5 Å². The molecule has 0 spiro atoms. The standard InChI is InChI=1S/C19H31N3O4S/c1-14-5-4-10-22(12-14)27(24,25)17-11-18(21(2)13-17)19(23)20-15-6-8-16(26-3)9-7-15/h11,13-16H,4-10,12H2,1-3H3,(H,20,23). The van der Waals surface area contributed by atoms with Crippen LogP contribution in [0.4, 0.5) is 0 Å². The molecule has 2 fully saturated rings. The molecule has 1 aromatic rings. The topological polar surface area (TPSA) is 80.6 Å². The maximum atomic E-state index is 12.9. The van der Waals surface area contributed by atoms with E-state index in [9.17, 15) is 13.2 Å². The zero-order chi connectivity index (χ0) is 19.6. The smallest absolute Gasteiger partial charge is 0.268 e. The van der Waals surface area contributed by atoms with E-state index >= 15 is 0 Å². The first kappa shape index (κ1) is 20.4. The minimum absolute atomic E-state index is 0.113. The van der Waals surface area contributed by atoms with Gasteiger partial charge in [0.2, 0.25) is 10.0 Å². The molecule has 1 saturated carbocycles. The minimum atomic E-state index is -3.56. The Kier molecular flexibility index (Phi) is 6.28. The third kappa shape index (κ3) is 4.55. The van der Waals surface area contributed by atoms with Gasteiger partial charge in [-0.25, -0.2) is 8.42 Å². The molecule has 0 radical (unpaired) electrons. The first-order valence-electron chi connectivity index (χ1n) is 9.81. The molecule has 3 rings (SSSR count). The molecule has 1 saturated heterocycles. The maximum absolute atomic E-state index is 12.9. The molecule has 8 heteroatoms. The van der Waals surface area contributed by atoms with Crippen molar-refractivity contribution in [2.75, 3.05) is 20.2 Å². The highest BCUT2D eigenvalue weighted by Gasteiger charge is 2.31. The van der Waals surface area contributed by atoms with Crippen LogP contribution in [0.15, 0.2) is 17.2 Å². The van der Waals surface area contributed by atoms with Gasteiger partial charge in [-0.3, -0.25) is 4.79 Å². The van der Waals surface area contributed by atoms with Gasteiger partial charge in [0.05, 0.1) is 6.10 Å². The molecule has 0 bridgehead atoms. The molecular weight excluding hydrogens is 366 g/mol. The summed E-state index contributed by atoms with van der Waals surface area (Å²) in [4.78, 5) is 12.9. The van der Waals surface area contributed by atoms with Crippen LogP contribution >= 0.6 is 0 Å². The molecule has 27 heavy (non-hydrogen) atoms. The van der Waals surface area contributed by atoms with Gasteiger partial charge in [-0.1, -0.05) is 6.92 Å². The highest BCUT2D eigenvalue weighted by atomic mass is 32.2. The zero-order valence-electron chi connectivity index (χ0n) is 16.5. The van der Waals surface area contributed by atoms with Crippen LogP contribution in [-0.2, 0) is 21.8 Å². The Morgan fingerprint density at radius 3 is 2.56 bits per heavy atom. The predicted octanol–water partition coefficient (Wildman–Crippen LogP) is 2.13. The van der Waals surface area contributed by atoms with Crippen LogP contribution < -0.4 is 5.32 Å². The number of nitrogens with zero attached hydrogens (tertiary/aromatic N) is 2. The fourth-order valence-corrected chi connectivity index (χ4v) is 5.79. The number of piperidine rings is 1. The van der Waals surface area contributed by atoms with Crippen LogP contribution in [0.2, 0.25) is 0 Å². The Bertz CT molecular complexity index is 766. The second kappa shape index (κ2) is 8.32. The van der Waals surface area contributed by atoms with Gasteiger partial charge >= 0.3 is 0 Å². The number of hydrogen-bond acceptors (Lipinski definition) is 4. The van der Waals surface area contributed by atoms with Crippen LogP contribution in [0.1, 0.15) is 55.9 Å². The number of methoxy groups -OCH3 is 1. The number of rotatable bonds is 5. The van der Waals surface area contributed by atoms with E-state index in [0.717, 1.165) is 38.5 Å². The first-order valence-corrected chi connectivity index (χ1v) is 11.3. The summed E-state index contributed by atoms with van der Waals surface area (Å²) in [7, 11) is -0.120. The normalized spacial score (nSPS) is 27.4. The summed E-state index contributed by atoms with van der Waals surface area (Å²) in [5, 5.41) is 3.05. The highest BCUT2D eigenvalue weighted by Crippen LogP contribution is 2.25. The number of aromatic nitrogens is 1. The number of carbonyl (C=O) groups is 1. The van der Waals surface area contributed by atoms with Crippen molar-refractivity contribution in [3.05, 3.63) is 18.0 Å². The van der Waals surface area contributed by atoms with Crippen LogP contribution in [-0.4, -0.2) is 55.5 Å². The van der Waals surface area contributed by atoms with E-state index in [0.29, 0.717) is 24.7 Å². The van der Waals surface area contributed by atoms with E-state index in [1.54, 1.807) is 29.2 Å². The number of hydrogen-bond donors (Lipinski definition) is 1. The van der Waals surface area contributed by atoms with Gasteiger partial charge in [-0.15, -0.1) is 0 Å². The number of sulfonamides is 1. The SMILES string of the molecule is COC1CCC(NC(=O)c2cc(S(=O)(=O)N3CCCC(C)C3)cn2C)CC1. The third-order valence-corrected chi connectivity index (χ3v) is 7.64. The van der Waals surface area contributed by atoms with Gasteiger partial charge in [0.15, 0.2) is 0 Å². The van der Waals surface area contributed by atoms with Crippen molar-refractivity contribution in [1.29, 1.82) is 0 Å². The van der Waals surface area contributed by atoms with Crippen molar-refractivity contribution in [1.82, 2.24) is 14.2 Å². The van der Waals surface area contributed by atoms with Crippen molar-refractivity contribution in [3.63, 3.8) is 0 Å². The number of nitrogens with one attached hydrogen (secondary N) is 1. The molecule has 1 aliphatic carbocycles. The van der Waals surface area contributed by atoms with Crippen molar-refractivity contribution in [2.45, 2.75) is 62.5 Å². The summed E-state index contributed by atoms with van der Waals surface area (Å²) >= 11 is 0. The molecule has 0 aromatic carbocycles. The molecule has 2 aliphatic rings. The Balaban J connectivity index is 1.69. The van der Waals surface area contributed by atoms with Gasteiger partial charge in [0, 0.05) is 39.5 Å². The van der Waals surface area contributed by atoms with E-state index in [4.69, 9.17) is 4.74 Å². The quantitative estimate of drug-likeness (QED) is 0.825. The maximum Gasteiger partial charge on any atom is 0.268 e. The van der Waals surface area contributed by atoms with E-state index < -0.39 is 10.0 Å². The van der Waals surface area contributed by atoms with Gasteiger partial charge in [0.25, 0.3) is 5.91 Å². The van der Waals surface area contributed by atoms with Crippen molar-refractivity contribution in [2.24, 2.45) is 13.0 Å².